The first-order valence-corrected chi connectivity index (χ1v) is 5.29. The number of hydrogen-bond acceptors (Lipinski definition) is 4. The third kappa shape index (κ3) is 4.68. The van der Waals surface area contributed by atoms with Crippen LogP contribution in [0, 0.1) is 12.3 Å². The van der Waals surface area contributed by atoms with Gasteiger partial charge in [-0.2, -0.15) is 0 Å². The average Bonchev–Trinajstić information content (AvgIpc) is 2.37. The minimum absolute atomic E-state index is 0.0152. The quantitative estimate of drug-likeness (QED) is 0.428. The Kier molecular flexibility index (Phi) is 5.80. The van der Waals surface area contributed by atoms with Crippen LogP contribution in [0.15, 0.2) is 24.3 Å². The van der Waals surface area contributed by atoms with Gasteiger partial charge in [0.25, 0.3) is 0 Å². The predicted octanol–water partition coefficient (Wildman–Crippen LogP) is 0.558. The van der Waals surface area contributed by atoms with Gasteiger partial charge >= 0.3 is 5.97 Å². The first-order valence-electron chi connectivity index (χ1n) is 5.29. The second-order valence-electron chi connectivity index (χ2n) is 3.38. The van der Waals surface area contributed by atoms with Crippen LogP contribution < -0.4 is 5.32 Å². The molecule has 0 aliphatic carbocycles. The molecule has 0 spiro atoms. The van der Waals surface area contributed by atoms with Crippen LogP contribution in [0.2, 0.25) is 0 Å². The summed E-state index contributed by atoms with van der Waals surface area (Å²) in [6.07, 6.45) is 4.99. The third-order valence-corrected chi connectivity index (χ3v) is 2.09. The van der Waals surface area contributed by atoms with E-state index < -0.39 is 5.97 Å². The zero-order chi connectivity index (χ0) is 12.5. The third-order valence-electron chi connectivity index (χ3n) is 2.09. The molecular weight excluding hydrogens is 218 g/mol. The van der Waals surface area contributed by atoms with Crippen molar-refractivity contribution < 1.29 is 14.6 Å². The van der Waals surface area contributed by atoms with E-state index in [1.54, 1.807) is 12.1 Å². The van der Waals surface area contributed by atoms with Crippen molar-refractivity contribution in [3.63, 3.8) is 0 Å². The largest absolute Gasteiger partial charge is 0.449 e. The van der Waals surface area contributed by atoms with Crippen LogP contribution in [-0.4, -0.2) is 30.8 Å². The van der Waals surface area contributed by atoms with E-state index in [2.05, 4.69) is 11.2 Å². The Morgan fingerprint density at radius 2 is 2.12 bits per heavy atom. The van der Waals surface area contributed by atoms with Gasteiger partial charge in [-0.1, -0.05) is 18.1 Å². The molecule has 0 saturated heterocycles. The van der Waals surface area contributed by atoms with Crippen molar-refractivity contribution in [2.45, 2.75) is 6.54 Å². The highest BCUT2D eigenvalue weighted by atomic mass is 16.5. The first kappa shape index (κ1) is 13.2. The number of terminal acetylenes is 1. The molecule has 0 fully saturated rings. The monoisotopic (exact) mass is 233 g/mol. The predicted molar refractivity (Wildman–Crippen MR) is 64.4 cm³/mol. The lowest BCUT2D eigenvalue weighted by molar-refractivity contribution is 0.0557. The van der Waals surface area contributed by atoms with Crippen molar-refractivity contribution in [2.75, 3.05) is 19.8 Å². The van der Waals surface area contributed by atoms with Crippen molar-refractivity contribution in [3.8, 4) is 12.3 Å². The lowest BCUT2D eigenvalue weighted by atomic mass is 10.1. The van der Waals surface area contributed by atoms with Gasteiger partial charge in [-0.3, -0.25) is 0 Å². The Balaban J connectivity index is 2.50. The maximum atomic E-state index is 11.4. The van der Waals surface area contributed by atoms with E-state index in [4.69, 9.17) is 16.3 Å². The van der Waals surface area contributed by atoms with Gasteiger partial charge in [0.05, 0.1) is 12.2 Å². The van der Waals surface area contributed by atoms with Crippen LogP contribution in [0.3, 0.4) is 0 Å². The van der Waals surface area contributed by atoms with Gasteiger partial charge < -0.3 is 15.2 Å². The molecule has 17 heavy (non-hydrogen) atoms. The van der Waals surface area contributed by atoms with Crippen LogP contribution in [-0.2, 0) is 11.3 Å². The molecule has 0 aliphatic rings. The summed E-state index contributed by atoms with van der Waals surface area (Å²) in [5.74, 6) is 1.82. The van der Waals surface area contributed by atoms with Gasteiger partial charge in [0.15, 0.2) is 6.61 Å². The number of aliphatic hydroxyl groups excluding tert-OH is 1. The van der Waals surface area contributed by atoms with Gasteiger partial charge in [0.1, 0.15) is 0 Å². The van der Waals surface area contributed by atoms with Crippen molar-refractivity contribution in [3.05, 3.63) is 35.4 Å². The summed E-state index contributed by atoms with van der Waals surface area (Å²) in [7, 11) is 0. The van der Waals surface area contributed by atoms with E-state index in [-0.39, 0.29) is 13.2 Å². The fraction of sp³-hybridized carbons (Fsp3) is 0.308. The van der Waals surface area contributed by atoms with Crippen LogP contribution in [0.5, 0.6) is 0 Å². The Labute approximate surface area is 101 Å². The molecule has 0 amide bonds. The van der Waals surface area contributed by atoms with Gasteiger partial charge in [-0.25, -0.2) is 4.79 Å². The van der Waals surface area contributed by atoms with Crippen LogP contribution >= 0.6 is 0 Å². The topological polar surface area (TPSA) is 58.6 Å². The molecule has 2 N–H and O–H groups in total. The van der Waals surface area contributed by atoms with E-state index >= 15 is 0 Å². The molecule has 0 aliphatic heterocycles. The van der Waals surface area contributed by atoms with Gasteiger partial charge in [0.2, 0.25) is 0 Å². The van der Waals surface area contributed by atoms with Gasteiger partial charge in [0, 0.05) is 13.1 Å². The number of nitrogens with one attached hydrogen (secondary N) is 1. The molecule has 0 saturated carbocycles. The molecule has 1 aromatic carbocycles. The molecule has 0 heterocycles. The summed E-state index contributed by atoms with van der Waals surface area (Å²) >= 11 is 0. The van der Waals surface area contributed by atoms with Crippen molar-refractivity contribution >= 4 is 5.97 Å². The van der Waals surface area contributed by atoms with Gasteiger partial charge in [-0.05, 0) is 17.7 Å². The molecule has 1 aromatic rings. The summed E-state index contributed by atoms with van der Waals surface area (Å²) in [5.41, 5.74) is 1.51. The minimum Gasteiger partial charge on any atom is -0.449 e. The molecule has 0 radical (unpaired) electrons. The molecule has 1 rings (SSSR count). The Morgan fingerprint density at radius 1 is 1.41 bits per heavy atom. The maximum Gasteiger partial charge on any atom is 0.339 e. The fourth-order valence-electron chi connectivity index (χ4n) is 1.26. The Bertz CT molecular complexity index is 392. The number of carbonyl (C=O) groups is 1. The van der Waals surface area contributed by atoms with E-state index in [0.29, 0.717) is 18.7 Å². The lowest BCUT2D eigenvalue weighted by Gasteiger charge is -2.04. The highest BCUT2D eigenvalue weighted by Gasteiger charge is 2.05. The van der Waals surface area contributed by atoms with Crippen molar-refractivity contribution in [2.24, 2.45) is 0 Å². The van der Waals surface area contributed by atoms with E-state index in [9.17, 15) is 4.79 Å². The van der Waals surface area contributed by atoms with Crippen molar-refractivity contribution in [1.82, 2.24) is 5.32 Å². The highest BCUT2D eigenvalue weighted by molar-refractivity contribution is 5.89. The summed E-state index contributed by atoms with van der Waals surface area (Å²) in [6.45, 7) is 1.29. The van der Waals surface area contributed by atoms with E-state index in [0.717, 1.165) is 5.56 Å². The number of rotatable bonds is 6. The van der Waals surface area contributed by atoms with Crippen molar-refractivity contribution in [1.29, 1.82) is 0 Å². The highest BCUT2D eigenvalue weighted by Crippen LogP contribution is 2.05. The fourth-order valence-corrected chi connectivity index (χ4v) is 1.26. The maximum absolute atomic E-state index is 11.4. The zero-order valence-corrected chi connectivity index (χ0v) is 9.48. The average molecular weight is 233 g/mol. The summed E-state index contributed by atoms with van der Waals surface area (Å²) in [6, 6.07) is 7.04. The smallest absolute Gasteiger partial charge is 0.339 e. The molecule has 4 heteroatoms. The van der Waals surface area contributed by atoms with E-state index in [1.807, 2.05) is 12.1 Å². The number of aliphatic hydroxyl groups is 1. The molecule has 0 unspecified atom stereocenters. The Morgan fingerprint density at radius 3 is 2.71 bits per heavy atom. The normalized spacial score (nSPS) is 9.65. The number of esters is 1. The molecular formula is C13H15NO3. The summed E-state index contributed by atoms with van der Waals surface area (Å²) in [5, 5.41) is 11.6. The molecule has 4 nitrogen and oxygen atoms in total. The Hall–Kier alpha value is -1.83. The van der Waals surface area contributed by atoms with Crippen LogP contribution in [0.25, 0.3) is 0 Å². The van der Waals surface area contributed by atoms with E-state index in [1.165, 1.54) is 0 Å². The number of carbonyl (C=O) groups excluding carboxylic acids is 1. The lowest BCUT2D eigenvalue weighted by Crippen LogP contribution is -2.17. The molecule has 0 bridgehead atoms. The summed E-state index contributed by atoms with van der Waals surface area (Å²) < 4.78 is 4.79. The second kappa shape index (κ2) is 7.44. The molecule has 0 atom stereocenters. The van der Waals surface area contributed by atoms with Crippen LogP contribution in [0.4, 0.5) is 0 Å². The zero-order valence-electron chi connectivity index (χ0n) is 9.48. The first-order chi connectivity index (χ1) is 8.27. The number of benzene rings is 1. The molecule has 0 aromatic heterocycles. The SMILES string of the molecule is C#CCOC(=O)c1ccc(CNCCO)cc1. The summed E-state index contributed by atoms with van der Waals surface area (Å²) in [4.78, 5) is 11.4. The standard InChI is InChI=1S/C13H15NO3/c1-2-9-17-13(16)12-5-3-11(4-6-12)10-14-7-8-15/h1,3-6,14-15H,7-10H2. The van der Waals surface area contributed by atoms with Crippen LogP contribution in [0.1, 0.15) is 15.9 Å². The number of ether oxygens (including phenoxy) is 1. The minimum atomic E-state index is -0.419. The number of hydrogen-bond donors (Lipinski definition) is 2. The van der Waals surface area contributed by atoms with Gasteiger partial charge in [-0.15, -0.1) is 6.42 Å². The second-order valence-corrected chi connectivity index (χ2v) is 3.38. The molecule has 90 valence electrons.